The molecule has 7 heteroatoms. The van der Waals surface area contributed by atoms with Gasteiger partial charge in [0.2, 0.25) is 11.1 Å². The van der Waals surface area contributed by atoms with E-state index in [1.54, 1.807) is 11.8 Å². The molecule has 2 heterocycles. The Morgan fingerprint density at radius 3 is 2.43 bits per heavy atom. The van der Waals surface area contributed by atoms with E-state index in [1.165, 1.54) is 16.7 Å². The summed E-state index contributed by atoms with van der Waals surface area (Å²) in [5.41, 5.74) is 9.12. The third-order valence-electron chi connectivity index (χ3n) is 6.68. The highest BCUT2D eigenvalue weighted by molar-refractivity contribution is 7.98. The molecule has 1 amide bonds. The molecule has 1 aromatic heterocycles. The van der Waals surface area contributed by atoms with Crippen LogP contribution in [-0.2, 0) is 10.5 Å². The van der Waals surface area contributed by atoms with Gasteiger partial charge in [-0.3, -0.25) is 4.79 Å². The van der Waals surface area contributed by atoms with Crippen molar-refractivity contribution in [3.05, 3.63) is 111 Å². The Morgan fingerprint density at radius 1 is 0.946 bits per heavy atom. The monoisotopic (exact) mass is 509 g/mol. The predicted molar refractivity (Wildman–Crippen MR) is 151 cm³/mol. The number of nitrogens with zero attached hydrogens (tertiary/aromatic N) is 3. The maximum Gasteiger partial charge on any atom is 0.255 e. The van der Waals surface area contributed by atoms with Crippen molar-refractivity contribution in [3.63, 3.8) is 0 Å². The fraction of sp³-hybridized carbons (Fsp3) is 0.233. The number of hydrogen-bond acceptors (Lipinski definition) is 5. The minimum Gasteiger partial charge on any atom is -0.328 e. The van der Waals surface area contributed by atoms with Crippen LogP contribution in [0.4, 0.5) is 11.6 Å². The summed E-state index contributed by atoms with van der Waals surface area (Å²) in [6.45, 7) is 10.2. The number of carbonyl (C=O) groups excluding carboxylic acids is 1. The van der Waals surface area contributed by atoms with E-state index in [1.807, 2.05) is 67.9 Å². The highest BCUT2D eigenvalue weighted by Gasteiger charge is 2.34. The van der Waals surface area contributed by atoms with Gasteiger partial charge >= 0.3 is 0 Å². The van der Waals surface area contributed by atoms with Crippen molar-refractivity contribution in [3.8, 4) is 0 Å². The molecular weight excluding hydrogens is 478 g/mol. The van der Waals surface area contributed by atoms with Crippen molar-refractivity contribution in [2.45, 2.75) is 51.6 Å². The second kappa shape index (κ2) is 10.3. The van der Waals surface area contributed by atoms with E-state index in [9.17, 15) is 4.79 Å². The van der Waals surface area contributed by atoms with Crippen molar-refractivity contribution in [1.29, 1.82) is 0 Å². The second-order valence-corrected chi connectivity index (χ2v) is 10.6. The van der Waals surface area contributed by atoms with Gasteiger partial charge < -0.3 is 10.6 Å². The summed E-state index contributed by atoms with van der Waals surface area (Å²) in [6.07, 6.45) is 0. The summed E-state index contributed by atoms with van der Waals surface area (Å²) in [6, 6.07) is 22.1. The lowest BCUT2D eigenvalue weighted by atomic mass is 9.95. The number of allylic oxidation sites excluding steroid dienone is 1. The normalized spacial score (nSPS) is 14.8. The molecule has 0 radical (unpaired) electrons. The van der Waals surface area contributed by atoms with Gasteiger partial charge in [-0.15, -0.1) is 5.10 Å². The first-order valence-electron chi connectivity index (χ1n) is 12.4. The van der Waals surface area contributed by atoms with Crippen LogP contribution in [0.5, 0.6) is 0 Å². The molecular formula is C30H31N5OS. The van der Waals surface area contributed by atoms with Crippen LogP contribution in [-0.4, -0.2) is 20.7 Å². The molecule has 1 aliphatic heterocycles. The minimum absolute atomic E-state index is 0.156. The van der Waals surface area contributed by atoms with Gasteiger partial charge in [-0.2, -0.15) is 4.98 Å². The Morgan fingerprint density at radius 2 is 1.68 bits per heavy atom. The Labute approximate surface area is 222 Å². The quantitative estimate of drug-likeness (QED) is 0.282. The lowest BCUT2D eigenvalue weighted by Crippen LogP contribution is -2.31. The number of benzene rings is 3. The Kier molecular flexibility index (Phi) is 6.89. The van der Waals surface area contributed by atoms with E-state index in [-0.39, 0.29) is 5.91 Å². The van der Waals surface area contributed by atoms with Crippen molar-refractivity contribution < 1.29 is 4.79 Å². The van der Waals surface area contributed by atoms with E-state index in [0.717, 1.165) is 33.8 Å². The highest BCUT2D eigenvalue weighted by atomic mass is 32.2. The summed E-state index contributed by atoms with van der Waals surface area (Å²) in [5.74, 6) is 1.26. The van der Waals surface area contributed by atoms with Crippen LogP contribution < -0.4 is 10.6 Å². The fourth-order valence-corrected chi connectivity index (χ4v) is 5.56. The molecule has 0 spiro atoms. The van der Waals surface area contributed by atoms with Crippen LogP contribution in [0.25, 0.3) is 0 Å². The number of amides is 1. The van der Waals surface area contributed by atoms with Crippen molar-refractivity contribution in [2.24, 2.45) is 0 Å². The molecule has 0 unspecified atom stereocenters. The van der Waals surface area contributed by atoms with E-state index in [0.29, 0.717) is 16.7 Å². The van der Waals surface area contributed by atoms with Crippen molar-refractivity contribution in [2.75, 3.05) is 10.6 Å². The molecule has 3 aromatic carbocycles. The number of thioether (sulfide) groups is 1. The number of aromatic nitrogens is 3. The van der Waals surface area contributed by atoms with Crippen LogP contribution in [0.3, 0.4) is 0 Å². The number of anilines is 2. The smallest absolute Gasteiger partial charge is 0.255 e. The van der Waals surface area contributed by atoms with Crippen LogP contribution in [0.2, 0.25) is 0 Å². The number of nitrogens with one attached hydrogen (secondary N) is 2. The standard InChI is InChI=1S/C30H31N5OS/c1-18-12-14-25(21(4)15-18)32-28(36)26-22(5)31-29-33-30(37-17-24-16-19(2)11-13-20(24)3)34-35(29)27(26)23-9-7-6-8-10-23/h6-16,27H,17H2,1-5H3,(H,32,36)(H,31,33,34)/t27-/m0/s1. The van der Waals surface area contributed by atoms with E-state index < -0.39 is 6.04 Å². The third kappa shape index (κ3) is 5.18. The van der Waals surface area contributed by atoms with Gasteiger partial charge in [0.15, 0.2) is 0 Å². The van der Waals surface area contributed by atoms with Crippen LogP contribution >= 0.6 is 11.8 Å². The van der Waals surface area contributed by atoms with E-state index >= 15 is 0 Å². The molecule has 188 valence electrons. The second-order valence-electron chi connectivity index (χ2n) is 9.63. The van der Waals surface area contributed by atoms with Crippen molar-refractivity contribution >= 4 is 29.3 Å². The first-order valence-corrected chi connectivity index (χ1v) is 13.4. The number of carbonyl (C=O) groups is 1. The first kappa shape index (κ1) is 24.8. The molecule has 2 N–H and O–H groups in total. The molecule has 37 heavy (non-hydrogen) atoms. The summed E-state index contributed by atoms with van der Waals surface area (Å²) >= 11 is 1.60. The van der Waals surface area contributed by atoms with Gasteiger partial charge in [0, 0.05) is 17.1 Å². The van der Waals surface area contributed by atoms with Crippen molar-refractivity contribution in [1.82, 2.24) is 14.8 Å². The summed E-state index contributed by atoms with van der Waals surface area (Å²) in [4.78, 5) is 18.5. The number of rotatable bonds is 6. The maximum absolute atomic E-state index is 13.7. The molecule has 1 aliphatic rings. The molecule has 0 aliphatic carbocycles. The average molecular weight is 510 g/mol. The van der Waals surface area contributed by atoms with Crippen LogP contribution in [0.15, 0.2) is 83.2 Å². The minimum atomic E-state index is -0.397. The molecule has 0 bridgehead atoms. The number of aryl methyl sites for hydroxylation is 4. The van der Waals surface area contributed by atoms with Gasteiger partial charge in [0.1, 0.15) is 6.04 Å². The van der Waals surface area contributed by atoms with Crippen LogP contribution in [0.1, 0.15) is 46.3 Å². The van der Waals surface area contributed by atoms with Gasteiger partial charge in [0.05, 0.1) is 5.57 Å². The maximum atomic E-state index is 13.7. The highest BCUT2D eigenvalue weighted by Crippen LogP contribution is 2.37. The van der Waals surface area contributed by atoms with Crippen LogP contribution in [0, 0.1) is 27.7 Å². The third-order valence-corrected chi connectivity index (χ3v) is 7.57. The van der Waals surface area contributed by atoms with Gasteiger partial charge in [-0.1, -0.05) is 83.6 Å². The Balaban J connectivity index is 1.48. The van der Waals surface area contributed by atoms with E-state index in [2.05, 4.69) is 48.7 Å². The number of fused-ring (bicyclic) bond motifs is 1. The van der Waals surface area contributed by atoms with E-state index in [4.69, 9.17) is 10.1 Å². The molecule has 1 atom stereocenters. The first-order chi connectivity index (χ1) is 17.8. The topological polar surface area (TPSA) is 71.8 Å². The Hall–Kier alpha value is -3.84. The zero-order chi connectivity index (χ0) is 26.1. The largest absolute Gasteiger partial charge is 0.328 e. The average Bonchev–Trinajstić information content (AvgIpc) is 3.28. The van der Waals surface area contributed by atoms with Gasteiger partial charge in [0.25, 0.3) is 5.91 Å². The van der Waals surface area contributed by atoms with Gasteiger partial charge in [-0.05, 0) is 62.9 Å². The predicted octanol–water partition coefficient (Wildman–Crippen LogP) is 6.73. The summed E-state index contributed by atoms with van der Waals surface area (Å²) in [5, 5.41) is 12.0. The Bertz CT molecular complexity index is 1510. The SMILES string of the molecule is CC1=C(C(=O)Nc2ccc(C)cc2C)[C@H](c2ccccc2)n2nc(SCc3cc(C)ccc3C)nc2N1. The summed E-state index contributed by atoms with van der Waals surface area (Å²) in [7, 11) is 0. The molecule has 5 rings (SSSR count). The number of hydrogen-bond donors (Lipinski definition) is 2. The lowest BCUT2D eigenvalue weighted by molar-refractivity contribution is -0.113. The molecule has 0 fully saturated rings. The molecule has 0 saturated heterocycles. The molecule has 0 saturated carbocycles. The van der Waals surface area contributed by atoms with Gasteiger partial charge in [-0.25, -0.2) is 4.68 Å². The fourth-order valence-electron chi connectivity index (χ4n) is 4.67. The zero-order valence-corrected chi connectivity index (χ0v) is 22.6. The molecule has 6 nitrogen and oxygen atoms in total. The molecule has 4 aromatic rings. The zero-order valence-electron chi connectivity index (χ0n) is 21.8. The lowest BCUT2D eigenvalue weighted by Gasteiger charge is -2.28. The summed E-state index contributed by atoms with van der Waals surface area (Å²) < 4.78 is 1.84.